The number of piperidine rings is 1. The van der Waals surface area contributed by atoms with Crippen molar-refractivity contribution in [3.05, 3.63) is 36.5 Å². The van der Waals surface area contributed by atoms with E-state index in [1.807, 2.05) is 32.9 Å². The summed E-state index contributed by atoms with van der Waals surface area (Å²) in [7, 11) is 0. The monoisotopic (exact) mass is 237 g/mol. The summed E-state index contributed by atoms with van der Waals surface area (Å²) in [6.07, 6.45) is 9.91. The van der Waals surface area contributed by atoms with Crippen molar-refractivity contribution in [3.8, 4) is 0 Å². The van der Waals surface area contributed by atoms with Crippen molar-refractivity contribution in [3.63, 3.8) is 0 Å². The van der Waals surface area contributed by atoms with Gasteiger partial charge in [-0.1, -0.05) is 44.7 Å². The van der Waals surface area contributed by atoms with Crippen LogP contribution < -0.4 is 5.32 Å². The van der Waals surface area contributed by atoms with E-state index in [9.17, 15) is 5.11 Å². The molecule has 2 nitrogen and oxygen atoms in total. The summed E-state index contributed by atoms with van der Waals surface area (Å²) in [5.41, 5.74) is 1.13. The smallest absolute Gasteiger partial charge is 0.0528 e. The van der Waals surface area contributed by atoms with E-state index in [4.69, 9.17) is 0 Å². The third-order valence-electron chi connectivity index (χ3n) is 3.12. The molecule has 1 saturated heterocycles. The molecule has 0 aromatic rings. The highest BCUT2D eigenvalue weighted by molar-refractivity contribution is 5.31. The molecule has 1 rings (SSSR count). The molecule has 1 heterocycles. The average molecular weight is 237 g/mol. The van der Waals surface area contributed by atoms with Crippen molar-refractivity contribution in [1.82, 2.24) is 5.32 Å². The number of hydrogen-bond acceptors (Lipinski definition) is 2. The SMILES string of the molecule is C=C/C=C(\C=C/C)C1(CO)CCNCC1.CC. The molecule has 2 N–H and O–H groups in total. The Labute approximate surface area is 106 Å². The Morgan fingerprint density at radius 1 is 1.35 bits per heavy atom. The molecule has 0 atom stereocenters. The standard InChI is InChI=1S/C13H21NO.C2H6/c1-3-5-12(6-4-2)13(11-15)7-9-14-10-8-13;1-2/h3-6,14-15H,1,7-11H2,2H3;1-2H3/b6-4-,12-5+;. The molecule has 0 amide bonds. The second-order valence-electron chi connectivity index (χ2n) is 4.05. The largest absolute Gasteiger partial charge is 0.395 e. The minimum atomic E-state index is -0.0635. The molecular weight excluding hydrogens is 210 g/mol. The van der Waals surface area contributed by atoms with E-state index in [0.717, 1.165) is 25.9 Å². The van der Waals surface area contributed by atoms with Crippen LogP contribution in [0, 0.1) is 5.41 Å². The fourth-order valence-corrected chi connectivity index (χ4v) is 2.16. The molecule has 0 aromatic heterocycles. The molecule has 98 valence electrons. The molecule has 0 unspecified atom stereocenters. The fraction of sp³-hybridized carbons (Fsp3) is 0.600. The van der Waals surface area contributed by atoms with E-state index in [0.29, 0.717) is 0 Å². The number of allylic oxidation sites excluding steroid dienone is 4. The molecule has 0 aromatic carbocycles. The van der Waals surface area contributed by atoms with Gasteiger partial charge in [0.15, 0.2) is 0 Å². The van der Waals surface area contributed by atoms with Gasteiger partial charge in [0.05, 0.1) is 6.61 Å². The van der Waals surface area contributed by atoms with Crippen LogP contribution in [0.2, 0.25) is 0 Å². The van der Waals surface area contributed by atoms with E-state index in [1.165, 1.54) is 5.57 Å². The van der Waals surface area contributed by atoms with E-state index in [1.54, 1.807) is 6.08 Å². The lowest BCUT2D eigenvalue weighted by Gasteiger charge is -2.37. The van der Waals surface area contributed by atoms with E-state index in [-0.39, 0.29) is 12.0 Å². The number of nitrogens with one attached hydrogen (secondary N) is 1. The van der Waals surface area contributed by atoms with Crippen LogP contribution in [-0.2, 0) is 0 Å². The summed E-state index contributed by atoms with van der Waals surface area (Å²) in [5.74, 6) is 0. The predicted molar refractivity (Wildman–Crippen MR) is 76.1 cm³/mol. The van der Waals surface area contributed by atoms with Crippen LogP contribution in [0.25, 0.3) is 0 Å². The molecule has 0 saturated carbocycles. The Bertz CT molecular complexity index is 260. The highest BCUT2D eigenvalue weighted by Crippen LogP contribution is 2.37. The van der Waals surface area contributed by atoms with Crippen molar-refractivity contribution >= 4 is 0 Å². The predicted octanol–water partition coefficient (Wildman–Crippen LogP) is 3.06. The fourth-order valence-electron chi connectivity index (χ4n) is 2.16. The van der Waals surface area contributed by atoms with E-state index >= 15 is 0 Å². The second-order valence-corrected chi connectivity index (χ2v) is 4.05. The summed E-state index contributed by atoms with van der Waals surface area (Å²) >= 11 is 0. The Morgan fingerprint density at radius 2 is 1.94 bits per heavy atom. The second kappa shape index (κ2) is 9.20. The first-order chi connectivity index (χ1) is 8.29. The summed E-state index contributed by atoms with van der Waals surface area (Å²) in [5, 5.41) is 13.0. The minimum absolute atomic E-state index is 0.0635. The van der Waals surface area contributed by atoms with Gasteiger partial charge in [0.2, 0.25) is 0 Å². The zero-order chi connectivity index (χ0) is 13.1. The number of rotatable bonds is 4. The molecule has 0 aliphatic carbocycles. The van der Waals surface area contributed by atoms with Crippen LogP contribution in [0.15, 0.2) is 36.5 Å². The molecule has 0 radical (unpaired) electrons. The Morgan fingerprint density at radius 3 is 2.35 bits per heavy atom. The maximum absolute atomic E-state index is 9.63. The third kappa shape index (κ3) is 4.49. The third-order valence-corrected chi connectivity index (χ3v) is 3.12. The number of aliphatic hydroxyl groups excluding tert-OH is 1. The van der Waals surface area contributed by atoms with Gasteiger partial charge >= 0.3 is 0 Å². The van der Waals surface area contributed by atoms with Crippen LogP contribution in [-0.4, -0.2) is 24.8 Å². The van der Waals surface area contributed by atoms with Crippen LogP contribution >= 0.6 is 0 Å². The summed E-state index contributed by atoms with van der Waals surface area (Å²) in [6.45, 7) is 11.9. The molecule has 1 aliphatic heterocycles. The minimum Gasteiger partial charge on any atom is -0.395 e. The molecule has 1 fully saturated rings. The zero-order valence-electron chi connectivity index (χ0n) is 11.5. The van der Waals surface area contributed by atoms with E-state index in [2.05, 4.69) is 18.0 Å². The Balaban J connectivity index is 0.00000121. The van der Waals surface area contributed by atoms with Gasteiger partial charge in [-0.15, -0.1) is 0 Å². The van der Waals surface area contributed by atoms with Crippen LogP contribution in [0.1, 0.15) is 33.6 Å². The highest BCUT2D eigenvalue weighted by Gasteiger charge is 2.33. The Hall–Kier alpha value is -0.860. The van der Waals surface area contributed by atoms with Crippen molar-refractivity contribution < 1.29 is 5.11 Å². The first kappa shape index (κ1) is 16.1. The van der Waals surface area contributed by atoms with Crippen molar-refractivity contribution in [2.24, 2.45) is 5.41 Å². The van der Waals surface area contributed by atoms with Crippen LogP contribution in [0.4, 0.5) is 0 Å². The van der Waals surface area contributed by atoms with Gasteiger partial charge < -0.3 is 10.4 Å². The lowest BCUT2D eigenvalue weighted by Crippen LogP contribution is -2.40. The summed E-state index contributed by atoms with van der Waals surface area (Å²) in [6, 6.07) is 0. The Kier molecular flexibility index (Phi) is 8.73. The van der Waals surface area contributed by atoms with Gasteiger partial charge in [-0.2, -0.15) is 0 Å². The molecule has 1 aliphatic rings. The molecule has 17 heavy (non-hydrogen) atoms. The first-order valence-electron chi connectivity index (χ1n) is 6.56. The molecule has 0 bridgehead atoms. The quantitative estimate of drug-likeness (QED) is 0.737. The lowest BCUT2D eigenvalue weighted by molar-refractivity contribution is 0.126. The van der Waals surface area contributed by atoms with Crippen molar-refractivity contribution in [2.75, 3.05) is 19.7 Å². The summed E-state index contributed by atoms with van der Waals surface area (Å²) < 4.78 is 0. The van der Waals surface area contributed by atoms with E-state index < -0.39 is 0 Å². The zero-order valence-corrected chi connectivity index (χ0v) is 11.5. The maximum atomic E-state index is 9.63. The first-order valence-corrected chi connectivity index (χ1v) is 6.56. The number of aliphatic hydroxyl groups is 1. The van der Waals surface area contributed by atoms with Gasteiger partial charge in [0.1, 0.15) is 0 Å². The molecule has 0 spiro atoms. The van der Waals surface area contributed by atoms with Gasteiger partial charge in [0.25, 0.3) is 0 Å². The van der Waals surface area contributed by atoms with Crippen LogP contribution in [0.3, 0.4) is 0 Å². The van der Waals surface area contributed by atoms with Crippen molar-refractivity contribution in [1.29, 1.82) is 0 Å². The van der Waals surface area contributed by atoms with Gasteiger partial charge in [-0.05, 0) is 38.4 Å². The van der Waals surface area contributed by atoms with Gasteiger partial charge in [-0.25, -0.2) is 0 Å². The van der Waals surface area contributed by atoms with Crippen LogP contribution in [0.5, 0.6) is 0 Å². The highest BCUT2D eigenvalue weighted by atomic mass is 16.3. The topological polar surface area (TPSA) is 32.3 Å². The summed E-state index contributed by atoms with van der Waals surface area (Å²) in [4.78, 5) is 0. The maximum Gasteiger partial charge on any atom is 0.0528 e. The van der Waals surface area contributed by atoms with Gasteiger partial charge in [0, 0.05) is 5.41 Å². The normalized spacial score (nSPS) is 19.6. The lowest BCUT2D eigenvalue weighted by atomic mass is 9.73. The molecular formula is C15H27NO. The number of hydrogen-bond donors (Lipinski definition) is 2. The average Bonchev–Trinajstić information content (AvgIpc) is 2.41. The molecule has 2 heteroatoms. The van der Waals surface area contributed by atoms with Gasteiger partial charge in [-0.3, -0.25) is 0 Å². The van der Waals surface area contributed by atoms with Crippen molar-refractivity contribution in [2.45, 2.75) is 33.6 Å².